The van der Waals surface area contributed by atoms with Gasteiger partial charge in [0.15, 0.2) is 11.0 Å². The second kappa shape index (κ2) is 9.87. The van der Waals surface area contributed by atoms with E-state index in [1.165, 1.54) is 17.5 Å². The maximum Gasteiger partial charge on any atom is 0.187 e. The molecular weight excluding hydrogens is 368 g/mol. The average molecular weight is 399 g/mol. The van der Waals surface area contributed by atoms with Crippen LogP contribution in [0.25, 0.3) is 11.0 Å². The minimum atomic E-state index is 0.550. The standard InChI is InChI=1S/C21H30N6S/c1-4-5-10-17-26-18-19(15(2)16(3)25-20(18)22)27(17)13-7-6-8-14-28-21-23-11-9-12-24-21/h9,11-12H,4-8,10,13-14H2,1-3H3,(H2,22,25). The Balaban J connectivity index is 1.65. The molecule has 0 saturated carbocycles. The number of aromatic nitrogens is 5. The highest BCUT2D eigenvalue weighted by molar-refractivity contribution is 7.99. The Morgan fingerprint density at radius 1 is 1.04 bits per heavy atom. The second-order valence-electron chi connectivity index (χ2n) is 7.13. The minimum absolute atomic E-state index is 0.550. The smallest absolute Gasteiger partial charge is 0.187 e. The Kier molecular flexibility index (Phi) is 7.25. The van der Waals surface area contributed by atoms with E-state index in [-0.39, 0.29) is 0 Å². The summed E-state index contributed by atoms with van der Waals surface area (Å²) in [5, 5.41) is 0.860. The molecule has 0 atom stereocenters. The minimum Gasteiger partial charge on any atom is -0.382 e. The quantitative estimate of drug-likeness (QED) is 0.302. The largest absolute Gasteiger partial charge is 0.382 e. The van der Waals surface area contributed by atoms with E-state index in [1.54, 1.807) is 24.2 Å². The summed E-state index contributed by atoms with van der Waals surface area (Å²) in [6, 6.07) is 1.85. The van der Waals surface area contributed by atoms with E-state index >= 15 is 0 Å². The molecule has 0 fully saturated rings. The van der Waals surface area contributed by atoms with Crippen molar-refractivity contribution in [3.05, 3.63) is 35.5 Å². The molecular formula is C21H30N6S. The number of anilines is 1. The van der Waals surface area contributed by atoms with Crippen molar-refractivity contribution in [2.45, 2.75) is 71.0 Å². The van der Waals surface area contributed by atoms with Crippen molar-refractivity contribution in [3.8, 4) is 0 Å². The lowest BCUT2D eigenvalue weighted by atomic mass is 10.1. The van der Waals surface area contributed by atoms with E-state index in [9.17, 15) is 0 Å². The first-order chi connectivity index (χ1) is 13.6. The van der Waals surface area contributed by atoms with Crippen LogP contribution in [0.3, 0.4) is 0 Å². The van der Waals surface area contributed by atoms with Crippen molar-refractivity contribution in [1.82, 2.24) is 24.5 Å². The van der Waals surface area contributed by atoms with Gasteiger partial charge in [0.1, 0.15) is 11.3 Å². The Labute approximate surface area is 171 Å². The van der Waals surface area contributed by atoms with E-state index in [0.717, 1.165) is 66.6 Å². The molecule has 3 aromatic heterocycles. The highest BCUT2D eigenvalue weighted by Gasteiger charge is 2.17. The van der Waals surface area contributed by atoms with Gasteiger partial charge in [-0.3, -0.25) is 0 Å². The molecule has 7 heteroatoms. The number of nitrogen functional groups attached to an aromatic ring is 1. The molecule has 0 amide bonds. The Morgan fingerprint density at radius 3 is 2.57 bits per heavy atom. The highest BCUT2D eigenvalue weighted by Crippen LogP contribution is 2.27. The number of rotatable bonds is 10. The number of pyridine rings is 1. The second-order valence-corrected chi connectivity index (χ2v) is 8.19. The molecule has 0 saturated heterocycles. The molecule has 3 heterocycles. The Morgan fingerprint density at radius 2 is 1.82 bits per heavy atom. The van der Waals surface area contributed by atoms with Crippen LogP contribution in [-0.4, -0.2) is 30.3 Å². The lowest BCUT2D eigenvalue weighted by Crippen LogP contribution is -2.06. The molecule has 3 aromatic rings. The van der Waals surface area contributed by atoms with Crippen LogP contribution in [-0.2, 0) is 13.0 Å². The molecule has 0 aliphatic carbocycles. The number of nitrogens with zero attached hydrogens (tertiary/aromatic N) is 5. The lowest BCUT2D eigenvalue weighted by Gasteiger charge is -2.12. The summed E-state index contributed by atoms with van der Waals surface area (Å²) in [6.07, 6.45) is 10.3. The monoisotopic (exact) mass is 398 g/mol. The van der Waals surface area contributed by atoms with Gasteiger partial charge in [0, 0.05) is 36.8 Å². The zero-order valence-corrected chi connectivity index (χ0v) is 17.9. The van der Waals surface area contributed by atoms with Gasteiger partial charge >= 0.3 is 0 Å². The van der Waals surface area contributed by atoms with Crippen molar-refractivity contribution in [1.29, 1.82) is 0 Å². The van der Waals surface area contributed by atoms with Crippen LogP contribution in [0.5, 0.6) is 0 Å². The van der Waals surface area contributed by atoms with Gasteiger partial charge in [0.25, 0.3) is 0 Å². The number of hydrogen-bond acceptors (Lipinski definition) is 6. The number of nitrogens with two attached hydrogens (primary N) is 1. The molecule has 150 valence electrons. The molecule has 0 aliphatic heterocycles. The van der Waals surface area contributed by atoms with Crippen LogP contribution >= 0.6 is 11.8 Å². The lowest BCUT2D eigenvalue weighted by molar-refractivity contribution is 0.584. The number of hydrogen-bond donors (Lipinski definition) is 1. The van der Waals surface area contributed by atoms with Crippen molar-refractivity contribution in [2.75, 3.05) is 11.5 Å². The molecule has 6 nitrogen and oxygen atoms in total. The number of fused-ring (bicyclic) bond motifs is 1. The third-order valence-electron chi connectivity index (χ3n) is 5.03. The number of unbranched alkanes of at least 4 members (excludes halogenated alkanes) is 3. The van der Waals surface area contributed by atoms with E-state index < -0.39 is 0 Å². The molecule has 28 heavy (non-hydrogen) atoms. The van der Waals surface area contributed by atoms with E-state index in [1.807, 2.05) is 13.0 Å². The van der Waals surface area contributed by atoms with Gasteiger partial charge in [0.05, 0.1) is 5.52 Å². The predicted octanol–water partition coefficient (Wildman–Crippen LogP) is 4.73. The SMILES string of the molecule is CCCCc1nc2c(N)nc(C)c(C)c2n1CCCCCSc1ncccn1. The maximum absolute atomic E-state index is 6.18. The van der Waals surface area contributed by atoms with E-state index in [2.05, 4.69) is 33.4 Å². The van der Waals surface area contributed by atoms with Crippen LogP contribution in [0.1, 0.15) is 56.1 Å². The summed E-state index contributed by atoms with van der Waals surface area (Å²) in [5.74, 6) is 2.74. The number of aryl methyl sites for hydroxylation is 4. The summed E-state index contributed by atoms with van der Waals surface area (Å²) >= 11 is 1.73. The molecule has 0 aliphatic rings. The van der Waals surface area contributed by atoms with Gasteiger partial charge in [-0.25, -0.2) is 19.9 Å². The highest BCUT2D eigenvalue weighted by atomic mass is 32.2. The first-order valence-corrected chi connectivity index (χ1v) is 11.1. The summed E-state index contributed by atoms with van der Waals surface area (Å²) in [7, 11) is 0. The van der Waals surface area contributed by atoms with Crippen LogP contribution in [0.4, 0.5) is 5.82 Å². The fraction of sp³-hybridized carbons (Fsp3) is 0.524. The molecule has 0 spiro atoms. The fourth-order valence-corrected chi connectivity index (χ4v) is 4.19. The number of thioether (sulfide) groups is 1. The van der Waals surface area contributed by atoms with Gasteiger partial charge in [-0.1, -0.05) is 31.5 Å². The molecule has 0 unspecified atom stereocenters. The third kappa shape index (κ3) is 4.82. The van der Waals surface area contributed by atoms with Gasteiger partial charge in [-0.05, 0) is 44.7 Å². The van der Waals surface area contributed by atoms with Crippen molar-refractivity contribution >= 4 is 28.6 Å². The average Bonchev–Trinajstić information content (AvgIpc) is 3.07. The van der Waals surface area contributed by atoms with Crippen LogP contribution in [0.2, 0.25) is 0 Å². The van der Waals surface area contributed by atoms with Gasteiger partial charge in [-0.2, -0.15) is 0 Å². The summed E-state index contributed by atoms with van der Waals surface area (Å²) in [5.41, 5.74) is 10.4. The van der Waals surface area contributed by atoms with E-state index in [4.69, 9.17) is 10.7 Å². The summed E-state index contributed by atoms with van der Waals surface area (Å²) in [4.78, 5) is 17.9. The molecule has 0 radical (unpaired) electrons. The number of imidazole rings is 1. The zero-order valence-electron chi connectivity index (χ0n) is 17.1. The first kappa shape index (κ1) is 20.6. The predicted molar refractivity (Wildman–Crippen MR) is 117 cm³/mol. The van der Waals surface area contributed by atoms with Crippen LogP contribution in [0, 0.1) is 13.8 Å². The summed E-state index contributed by atoms with van der Waals surface area (Å²) < 4.78 is 2.39. The van der Waals surface area contributed by atoms with Crippen molar-refractivity contribution in [2.24, 2.45) is 0 Å². The van der Waals surface area contributed by atoms with Gasteiger partial charge < -0.3 is 10.3 Å². The molecule has 3 rings (SSSR count). The van der Waals surface area contributed by atoms with Crippen molar-refractivity contribution in [3.63, 3.8) is 0 Å². The van der Waals surface area contributed by atoms with Gasteiger partial charge in [0.2, 0.25) is 0 Å². The Bertz CT molecular complexity index is 906. The van der Waals surface area contributed by atoms with Crippen LogP contribution < -0.4 is 5.73 Å². The first-order valence-electron chi connectivity index (χ1n) is 10.1. The van der Waals surface area contributed by atoms with Gasteiger partial charge in [-0.15, -0.1) is 0 Å². The molecule has 2 N–H and O–H groups in total. The third-order valence-corrected chi connectivity index (χ3v) is 5.99. The molecule has 0 bridgehead atoms. The summed E-state index contributed by atoms with van der Waals surface area (Å²) in [6.45, 7) is 7.34. The topological polar surface area (TPSA) is 82.5 Å². The fourth-order valence-electron chi connectivity index (χ4n) is 3.39. The Hall–Kier alpha value is -2.15. The molecule has 0 aromatic carbocycles. The van der Waals surface area contributed by atoms with E-state index in [0.29, 0.717) is 5.82 Å². The normalized spacial score (nSPS) is 11.4. The van der Waals surface area contributed by atoms with Crippen molar-refractivity contribution < 1.29 is 0 Å². The maximum atomic E-state index is 6.18. The van der Waals surface area contributed by atoms with Crippen LogP contribution in [0.15, 0.2) is 23.6 Å². The zero-order chi connectivity index (χ0) is 19.9.